The number of aromatic nitrogens is 2. The molecule has 3 aromatic carbocycles. The van der Waals surface area contributed by atoms with E-state index in [4.69, 9.17) is 11.6 Å². The van der Waals surface area contributed by atoms with Gasteiger partial charge in [0, 0.05) is 22.3 Å². The number of benzene rings is 3. The number of hydrogen-bond donors (Lipinski definition) is 1. The van der Waals surface area contributed by atoms with E-state index in [9.17, 15) is 9.59 Å². The van der Waals surface area contributed by atoms with Gasteiger partial charge in [-0.25, -0.2) is 4.68 Å². The second-order valence-electron chi connectivity index (χ2n) is 6.30. The van der Waals surface area contributed by atoms with Gasteiger partial charge in [-0.3, -0.25) is 9.59 Å². The van der Waals surface area contributed by atoms with Crippen LogP contribution in [0, 0.1) is 0 Å². The zero-order valence-corrected chi connectivity index (χ0v) is 15.6. The SMILES string of the molecule is O=C(Cn1nc(-c2cccc3ccccc23)ccc1=O)Nc1cccc(Cl)c1. The van der Waals surface area contributed by atoms with E-state index in [2.05, 4.69) is 10.4 Å². The first-order valence-corrected chi connectivity index (χ1v) is 9.10. The Morgan fingerprint density at radius 3 is 2.61 bits per heavy atom. The molecule has 0 saturated heterocycles. The summed E-state index contributed by atoms with van der Waals surface area (Å²) in [5, 5.41) is 9.77. The quantitative estimate of drug-likeness (QED) is 0.564. The molecule has 0 spiro atoms. The van der Waals surface area contributed by atoms with E-state index in [-0.39, 0.29) is 18.0 Å². The molecule has 28 heavy (non-hydrogen) atoms. The van der Waals surface area contributed by atoms with Crippen molar-refractivity contribution < 1.29 is 4.79 Å². The van der Waals surface area contributed by atoms with E-state index >= 15 is 0 Å². The summed E-state index contributed by atoms with van der Waals surface area (Å²) in [5.41, 5.74) is 1.76. The summed E-state index contributed by atoms with van der Waals surface area (Å²) in [4.78, 5) is 24.6. The summed E-state index contributed by atoms with van der Waals surface area (Å²) in [6, 6.07) is 23.8. The number of nitrogens with one attached hydrogen (secondary N) is 1. The Labute approximate surface area is 166 Å². The number of hydrogen-bond acceptors (Lipinski definition) is 3. The molecule has 6 heteroatoms. The monoisotopic (exact) mass is 389 g/mol. The predicted molar refractivity (Wildman–Crippen MR) is 112 cm³/mol. The van der Waals surface area contributed by atoms with Crippen LogP contribution < -0.4 is 10.9 Å². The standard InChI is InChI=1S/C22H16ClN3O2/c23-16-7-4-8-17(13-16)24-21(27)14-26-22(28)12-11-20(25-26)19-10-3-6-15-5-1-2-9-18(15)19/h1-13H,14H2,(H,24,27). The lowest BCUT2D eigenvalue weighted by Crippen LogP contribution is -2.29. The van der Waals surface area contributed by atoms with Gasteiger partial charge in [0.2, 0.25) is 5.91 Å². The lowest BCUT2D eigenvalue weighted by atomic mass is 10.0. The van der Waals surface area contributed by atoms with Gasteiger partial charge >= 0.3 is 0 Å². The predicted octanol–water partition coefficient (Wildman–Crippen LogP) is 4.36. The van der Waals surface area contributed by atoms with Gasteiger partial charge in [-0.05, 0) is 35.0 Å². The van der Waals surface area contributed by atoms with Crippen LogP contribution in [0.5, 0.6) is 0 Å². The van der Waals surface area contributed by atoms with Crippen molar-refractivity contribution in [2.45, 2.75) is 6.54 Å². The molecule has 5 nitrogen and oxygen atoms in total. The fourth-order valence-electron chi connectivity index (χ4n) is 3.06. The summed E-state index contributed by atoms with van der Waals surface area (Å²) >= 11 is 5.93. The topological polar surface area (TPSA) is 64.0 Å². The van der Waals surface area contributed by atoms with Crippen molar-refractivity contribution in [1.29, 1.82) is 0 Å². The Balaban J connectivity index is 1.64. The van der Waals surface area contributed by atoms with Crippen LogP contribution in [0.3, 0.4) is 0 Å². The highest BCUT2D eigenvalue weighted by molar-refractivity contribution is 6.30. The van der Waals surface area contributed by atoms with Crippen LogP contribution in [0.4, 0.5) is 5.69 Å². The van der Waals surface area contributed by atoms with Crippen molar-refractivity contribution in [3.63, 3.8) is 0 Å². The first kappa shape index (κ1) is 17.9. The first-order chi connectivity index (χ1) is 13.6. The molecule has 0 aliphatic rings. The third-order valence-electron chi connectivity index (χ3n) is 4.33. The average molecular weight is 390 g/mol. The smallest absolute Gasteiger partial charge is 0.267 e. The number of halogens is 1. The van der Waals surface area contributed by atoms with Crippen LogP contribution in [-0.4, -0.2) is 15.7 Å². The number of fused-ring (bicyclic) bond motifs is 1. The van der Waals surface area contributed by atoms with Gasteiger partial charge in [0.15, 0.2) is 0 Å². The molecule has 138 valence electrons. The van der Waals surface area contributed by atoms with Crippen molar-refractivity contribution in [2.24, 2.45) is 0 Å². The minimum absolute atomic E-state index is 0.191. The van der Waals surface area contributed by atoms with Crippen molar-refractivity contribution in [1.82, 2.24) is 9.78 Å². The Bertz CT molecular complexity index is 1230. The Hall–Kier alpha value is -3.44. The van der Waals surface area contributed by atoms with Gasteiger partial charge in [-0.15, -0.1) is 0 Å². The molecule has 1 heterocycles. The summed E-state index contributed by atoms with van der Waals surface area (Å²) < 4.78 is 1.16. The van der Waals surface area contributed by atoms with E-state index in [1.165, 1.54) is 6.07 Å². The molecule has 0 unspecified atom stereocenters. The van der Waals surface area contributed by atoms with Gasteiger partial charge in [-0.2, -0.15) is 5.10 Å². The van der Waals surface area contributed by atoms with E-state index in [1.54, 1.807) is 30.3 Å². The maximum atomic E-state index is 12.4. The molecular formula is C22H16ClN3O2. The molecule has 1 amide bonds. The molecule has 0 fully saturated rings. The number of amides is 1. The maximum absolute atomic E-state index is 12.4. The van der Waals surface area contributed by atoms with Crippen LogP contribution in [0.25, 0.3) is 22.0 Å². The highest BCUT2D eigenvalue weighted by atomic mass is 35.5. The van der Waals surface area contributed by atoms with Crippen LogP contribution >= 0.6 is 11.6 Å². The van der Waals surface area contributed by atoms with Gasteiger partial charge in [0.05, 0.1) is 5.69 Å². The van der Waals surface area contributed by atoms with Crippen LogP contribution in [-0.2, 0) is 11.3 Å². The number of rotatable bonds is 4. The van der Waals surface area contributed by atoms with Crippen molar-refractivity contribution >= 4 is 34.0 Å². The maximum Gasteiger partial charge on any atom is 0.267 e. The number of carbonyl (C=O) groups excluding carboxylic acids is 1. The van der Waals surface area contributed by atoms with E-state index in [0.717, 1.165) is 21.0 Å². The molecule has 0 bridgehead atoms. The minimum atomic E-state index is -0.355. The molecule has 0 aliphatic heterocycles. The third kappa shape index (κ3) is 3.80. The summed E-state index contributed by atoms with van der Waals surface area (Å²) in [6.45, 7) is -0.191. The van der Waals surface area contributed by atoms with E-state index < -0.39 is 0 Å². The van der Waals surface area contributed by atoms with Crippen LogP contribution in [0.1, 0.15) is 0 Å². The second-order valence-corrected chi connectivity index (χ2v) is 6.74. The highest BCUT2D eigenvalue weighted by Gasteiger charge is 2.10. The summed E-state index contributed by atoms with van der Waals surface area (Å²) in [6.07, 6.45) is 0. The van der Waals surface area contributed by atoms with Gasteiger partial charge in [0.1, 0.15) is 6.54 Å². The van der Waals surface area contributed by atoms with Gasteiger partial charge in [-0.1, -0.05) is 60.1 Å². The normalized spacial score (nSPS) is 10.8. The van der Waals surface area contributed by atoms with Gasteiger partial charge < -0.3 is 5.32 Å². The molecule has 1 aromatic heterocycles. The lowest BCUT2D eigenvalue weighted by molar-refractivity contribution is -0.117. The van der Waals surface area contributed by atoms with E-state index in [0.29, 0.717) is 16.4 Å². The molecule has 4 rings (SSSR count). The van der Waals surface area contributed by atoms with Gasteiger partial charge in [0.25, 0.3) is 5.56 Å². The number of carbonyl (C=O) groups is 1. The molecule has 0 atom stereocenters. The fourth-order valence-corrected chi connectivity index (χ4v) is 3.25. The summed E-state index contributed by atoms with van der Waals surface area (Å²) in [7, 11) is 0. The zero-order chi connectivity index (χ0) is 19.5. The third-order valence-corrected chi connectivity index (χ3v) is 4.57. The zero-order valence-electron chi connectivity index (χ0n) is 14.8. The second kappa shape index (κ2) is 7.66. The molecule has 1 N–H and O–H groups in total. The van der Waals surface area contributed by atoms with Crippen molar-refractivity contribution in [2.75, 3.05) is 5.32 Å². The Kier molecular flexibility index (Phi) is 4.91. The number of anilines is 1. The van der Waals surface area contributed by atoms with Crippen LogP contribution in [0.2, 0.25) is 5.02 Å². The van der Waals surface area contributed by atoms with Crippen molar-refractivity contribution in [3.05, 3.63) is 94.2 Å². The fraction of sp³-hybridized carbons (Fsp3) is 0.0455. The Morgan fingerprint density at radius 1 is 0.964 bits per heavy atom. The molecule has 4 aromatic rings. The lowest BCUT2D eigenvalue weighted by Gasteiger charge is -2.10. The van der Waals surface area contributed by atoms with E-state index in [1.807, 2.05) is 42.5 Å². The highest BCUT2D eigenvalue weighted by Crippen LogP contribution is 2.26. The summed E-state index contributed by atoms with van der Waals surface area (Å²) in [5.74, 6) is -0.355. The Morgan fingerprint density at radius 2 is 1.75 bits per heavy atom. The number of nitrogens with zero attached hydrogens (tertiary/aromatic N) is 2. The first-order valence-electron chi connectivity index (χ1n) is 8.72. The average Bonchev–Trinajstić information content (AvgIpc) is 2.69. The molecule has 0 aliphatic carbocycles. The molecule has 0 saturated carbocycles. The molecule has 0 radical (unpaired) electrons. The van der Waals surface area contributed by atoms with Crippen molar-refractivity contribution in [3.8, 4) is 11.3 Å². The molecular weight excluding hydrogens is 374 g/mol. The van der Waals surface area contributed by atoms with Crippen LogP contribution in [0.15, 0.2) is 83.7 Å². The minimum Gasteiger partial charge on any atom is -0.324 e. The largest absolute Gasteiger partial charge is 0.324 e.